The van der Waals surface area contributed by atoms with Crippen LogP contribution in [-0.2, 0) is 11.2 Å². The van der Waals surface area contributed by atoms with E-state index in [9.17, 15) is 4.79 Å². The Bertz CT molecular complexity index is 433. The first kappa shape index (κ1) is 15.2. The first-order valence-corrected chi connectivity index (χ1v) is 7.64. The number of carbonyl (C=O) groups is 1. The van der Waals surface area contributed by atoms with Crippen LogP contribution in [0.25, 0.3) is 0 Å². The van der Waals surface area contributed by atoms with E-state index in [-0.39, 0.29) is 11.3 Å². The highest BCUT2D eigenvalue weighted by molar-refractivity contribution is 6.20. The zero-order valence-corrected chi connectivity index (χ0v) is 12.7. The SMILES string of the molecule is COc1ccc(CC(=O)NCC2CCCC(Cl)C2)cc1. The van der Waals surface area contributed by atoms with Crippen LogP contribution in [0.4, 0.5) is 0 Å². The van der Waals surface area contributed by atoms with Crippen molar-refractivity contribution in [3.63, 3.8) is 0 Å². The summed E-state index contributed by atoms with van der Waals surface area (Å²) in [6, 6.07) is 7.60. The topological polar surface area (TPSA) is 38.3 Å². The largest absolute Gasteiger partial charge is 0.497 e. The van der Waals surface area contributed by atoms with Gasteiger partial charge < -0.3 is 10.1 Å². The van der Waals surface area contributed by atoms with E-state index in [1.165, 1.54) is 12.8 Å². The zero-order chi connectivity index (χ0) is 14.4. The number of carbonyl (C=O) groups excluding carboxylic acids is 1. The van der Waals surface area contributed by atoms with Crippen LogP contribution in [0.5, 0.6) is 5.75 Å². The van der Waals surface area contributed by atoms with Crippen molar-refractivity contribution >= 4 is 17.5 Å². The lowest BCUT2D eigenvalue weighted by atomic mass is 9.89. The molecular weight excluding hydrogens is 274 g/mol. The van der Waals surface area contributed by atoms with Gasteiger partial charge in [0, 0.05) is 11.9 Å². The number of benzene rings is 1. The maximum Gasteiger partial charge on any atom is 0.224 e. The predicted molar refractivity (Wildman–Crippen MR) is 81.3 cm³/mol. The fourth-order valence-corrected chi connectivity index (χ4v) is 3.07. The molecule has 1 aromatic rings. The summed E-state index contributed by atoms with van der Waals surface area (Å²) in [4.78, 5) is 11.9. The van der Waals surface area contributed by atoms with Gasteiger partial charge in [0.15, 0.2) is 0 Å². The van der Waals surface area contributed by atoms with Gasteiger partial charge in [0.1, 0.15) is 5.75 Å². The monoisotopic (exact) mass is 295 g/mol. The predicted octanol–water partition coefficient (Wildman–Crippen LogP) is 3.15. The normalized spacial score (nSPS) is 22.3. The third-order valence-corrected chi connectivity index (χ3v) is 4.23. The highest BCUT2D eigenvalue weighted by atomic mass is 35.5. The molecular formula is C16H22ClNO2. The summed E-state index contributed by atoms with van der Waals surface area (Å²) in [5.41, 5.74) is 1.00. The van der Waals surface area contributed by atoms with Crippen molar-refractivity contribution in [2.75, 3.05) is 13.7 Å². The average Bonchev–Trinajstić information content (AvgIpc) is 2.46. The van der Waals surface area contributed by atoms with Crippen LogP contribution in [0.3, 0.4) is 0 Å². The quantitative estimate of drug-likeness (QED) is 0.848. The maximum atomic E-state index is 11.9. The second-order valence-corrected chi connectivity index (χ2v) is 6.08. The number of ether oxygens (including phenoxy) is 1. The van der Waals surface area contributed by atoms with E-state index in [0.29, 0.717) is 12.3 Å². The Morgan fingerprint density at radius 1 is 1.35 bits per heavy atom. The Balaban J connectivity index is 1.74. The number of rotatable bonds is 5. The van der Waals surface area contributed by atoms with Crippen LogP contribution in [-0.4, -0.2) is 24.9 Å². The van der Waals surface area contributed by atoms with E-state index in [0.717, 1.165) is 30.7 Å². The standard InChI is InChI=1S/C16H22ClNO2/c1-20-15-7-5-12(6-8-15)10-16(19)18-11-13-3-2-4-14(17)9-13/h5-8,13-14H,2-4,9-11H2,1H3,(H,18,19). The number of hydrogen-bond donors (Lipinski definition) is 1. The van der Waals surface area contributed by atoms with Crippen molar-refractivity contribution in [3.05, 3.63) is 29.8 Å². The maximum absolute atomic E-state index is 11.9. The van der Waals surface area contributed by atoms with Crippen molar-refractivity contribution in [2.24, 2.45) is 5.92 Å². The van der Waals surface area contributed by atoms with Crippen molar-refractivity contribution in [1.29, 1.82) is 0 Å². The molecule has 2 rings (SSSR count). The molecule has 0 radical (unpaired) electrons. The molecule has 4 heteroatoms. The van der Waals surface area contributed by atoms with Crippen molar-refractivity contribution in [1.82, 2.24) is 5.32 Å². The fraction of sp³-hybridized carbons (Fsp3) is 0.562. The van der Waals surface area contributed by atoms with Gasteiger partial charge >= 0.3 is 0 Å². The number of halogens is 1. The summed E-state index contributed by atoms with van der Waals surface area (Å²) in [6.07, 6.45) is 4.89. The van der Waals surface area contributed by atoms with Crippen LogP contribution in [0.15, 0.2) is 24.3 Å². The lowest BCUT2D eigenvalue weighted by molar-refractivity contribution is -0.120. The lowest BCUT2D eigenvalue weighted by Crippen LogP contribution is -2.32. The molecule has 0 spiro atoms. The van der Waals surface area contributed by atoms with E-state index in [1.807, 2.05) is 24.3 Å². The Morgan fingerprint density at radius 3 is 2.75 bits per heavy atom. The summed E-state index contributed by atoms with van der Waals surface area (Å²) in [6.45, 7) is 0.748. The van der Waals surface area contributed by atoms with Gasteiger partial charge in [0.2, 0.25) is 5.91 Å². The minimum absolute atomic E-state index is 0.0758. The van der Waals surface area contributed by atoms with Crippen LogP contribution in [0, 0.1) is 5.92 Å². The molecule has 1 amide bonds. The summed E-state index contributed by atoms with van der Waals surface area (Å²) >= 11 is 6.16. The van der Waals surface area contributed by atoms with Gasteiger partial charge in [-0.3, -0.25) is 4.79 Å². The Kier molecular flexibility index (Phi) is 5.72. The minimum atomic E-state index is 0.0758. The van der Waals surface area contributed by atoms with E-state index >= 15 is 0 Å². The van der Waals surface area contributed by atoms with Crippen LogP contribution >= 0.6 is 11.6 Å². The van der Waals surface area contributed by atoms with E-state index < -0.39 is 0 Å². The molecule has 0 aromatic heterocycles. The average molecular weight is 296 g/mol. The second kappa shape index (κ2) is 7.53. The molecule has 1 saturated carbocycles. The van der Waals surface area contributed by atoms with Gasteiger partial charge in [-0.25, -0.2) is 0 Å². The van der Waals surface area contributed by atoms with Crippen LogP contribution < -0.4 is 10.1 Å². The Morgan fingerprint density at radius 2 is 2.10 bits per heavy atom. The summed E-state index contributed by atoms with van der Waals surface area (Å²) < 4.78 is 5.10. The molecule has 0 saturated heterocycles. The molecule has 1 aromatic carbocycles. The van der Waals surface area contributed by atoms with E-state index in [4.69, 9.17) is 16.3 Å². The van der Waals surface area contributed by atoms with Crippen molar-refractivity contribution < 1.29 is 9.53 Å². The van der Waals surface area contributed by atoms with Gasteiger partial charge in [0.05, 0.1) is 13.5 Å². The van der Waals surface area contributed by atoms with Gasteiger partial charge in [-0.15, -0.1) is 11.6 Å². The third-order valence-electron chi connectivity index (χ3n) is 3.83. The van der Waals surface area contributed by atoms with Crippen LogP contribution in [0.2, 0.25) is 0 Å². The Hall–Kier alpha value is -1.22. The molecule has 1 fully saturated rings. The smallest absolute Gasteiger partial charge is 0.224 e. The number of alkyl halides is 1. The second-order valence-electron chi connectivity index (χ2n) is 5.46. The molecule has 0 aliphatic heterocycles. The van der Waals surface area contributed by atoms with Crippen molar-refractivity contribution in [3.8, 4) is 5.75 Å². The minimum Gasteiger partial charge on any atom is -0.497 e. The van der Waals surface area contributed by atoms with Gasteiger partial charge in [-0.05, 0) is 42.9 Å². The molecule has 0 bridgehead atoms. The highest BCUT2D eigenvalue weighted by Gasteiger charge is 2.20. The molecule has 2 unspecified atom stereocenters. The third kappa shape index (κ3) is 4.71. The first-order chi connectivity index (χ1) is 9.67. The van der Waals surface area contributed by atoms with Crippen molar-refractivity contribution in [2.45, 2.75) is 37.5 Å². The number of amides is 1. The molecule has 2 atom stereocenters. The molecule has 1 aliphatic rings. The lowest BCUT2D eigenvalue weighted by Gasteiger charge is -2.25. The number of nitrogens with one attached hydrogen (secondary N) is 1. The Labute approximate surface area is 125 Å². The molecule has 3 nitrogen and oxygen atoms in total. The molecule has 0 heterocycles. The summed E-state index contributed by atoms with van der Waals surface area (Å²) in [5.74, 6) is 1.42. The fourth-order valence-electron chi connectivity index (χ4n) is 2.66. The van der Waals surface area contributed by atoms with Crippen LogP contribution in [0.1, 0.15) is 31.2 Å². The highest BCUT2D eigenvalue weighted by Crippen LogP contribution is 2.27. The number of hydrogen-bond acceptors (Lipinski definition) is 2. The van der Waals surface area contributed by atoms with E-state index in [1.54, 1.807) is 7.11 Å². The van der Waals surface area contributed by atoms with Gasteiger partial charge in [-0.2, -0.15) is 0 Å². The van der Waals surface area contributed by atoms with E-state index in [2.05, 4.69) is 5.32 Å². The summed E-state index contributed by atoms with van der Waals surface area (Å²) in [7, 11) is 1.63. The molecule has 1 N–H and O–H groups in total. The zero-order valence-electron chi connectivity index (χ0n) is 11.9. The number of methoxy groups -OCH3 is 1. The summed E-state index contributed by atoms with van der Waals surface area (Å²) in [5, 5.41) is 3.31. The molecule has 20 heavy (non-hydrogen) atoms. The first-order valence-electron chi connectivity index (χ1n) is 7.21. The molecule has 1 aliphatic carbocycles. The van der Waals surface area contributed by atoms with Gasteiger partial charge in [-0.1, -0.05) is 18.6 Å². The molecule has 110 valence electrons. The van der Waals surface area contributed by atoms with Gasteiger partial charge in [0.25, 0.3) is 0 Å².